The minimum Gasteiger partial charge on any atom is -0.480 e. The molecule has 4 aromatic rings. The van der Waals surface area contributed by atoms with Gasteiger partial charge < -0.3 is 84.3 Å². The Bertz CT molecular complexity index is 2420. The van der Waals surface area contributed by atoms with Gasteiger partial charge >= 0.3 is 5.97 Å². The van der Waals surface area contributed by atoms with Crippen LogP contribution in [0.3, 0.4) is 0 Å². The Morgan fingerprint density at radius 1 is 0.606 bits per heavy atom. The molecule has 3 aromatic heterocycles. The zero-order valence-electron chi connectivity index (χ0n) is 39.3. The number of para-hydroxylation sites is 1. The molecular formula is C44H63N15O12. The highest BCUT2D eigenvalue weighted by Gasteiger charge is 2.36. The van der Waals surface area contributed by atoms with Crippen molar-refractivity contribution in [1.82, 2.24) is 67.5 Å². The average molecular weight is 994 g/mol. The number of nitrogens with two attached hydrogens (primary N) is 2. The highest BCUT2D eigenvalue weighted by atomic mass is 16.4. The van der Waals surface area contributed by atoms with Gasteiger partial charge in [-0.1, -0.05) is 18.2 Å². The smallest absolute Gasteiger partial charge is 0.326 e. The molecule has 18 N–H and O–H groups in total. The van der Waals surface area contributed by atoms with Crippen molar-refractivity contribution in [2.45, 2.75) is 114 Å². The van der Waals surface area contributed by atoms with E-state index in [9.17, 15) is 58.5 Å². The maximum atomic E-state index is 14.0. The first-order valence-electron chi connectivity index (χ1n) is 22.7. The summed E-state index contributed by atoms with van der Waals surface area (Å²) in [6.07, 6.45) is 4.57. The van der Waals surface area contributed by atoms with Crippen LogP contribution in [0.1, 0.15) is 57.0 Å². The normalized spacial score (nSPS) is 15.0. The second kappa shape index (κ2) is 27.4. The molecule has 0 radical (unpaired) electrons. The van der Waals surface area contributed by atoms with E-state index in [1.807, 2.05) is 0 Å². The van der Waals surface area contributed by atoms with Crippen molar-refractivity contribution in [3.05, 3.63) is 72.5 Å². The number of rotatable bonds is 29. The van der Waals surface area contributed by atoms with Gasteiger partial charge in [-0.3, -0.25) is 38.4 Å². The van der Waals surface area contributed by atoms with Crippen LogP contribution in [-0.2, 0) is 62.4 Å². The monoisotopic (exact) mass is 993 g/mol. The van der Waals surface area contributed by atoms with E-state index in [0.717, 1.165) is 6.92 Å². The molecule has 0 aliphatic rings. The summed E-state index contributed by atoms with van der Waals surface area (Å²) in [7, 11) is 0. The Labute approximate surface area is 406 Å². The fourth-order valence-electron chi connectivity index (χ4n) is 7.05. The number of amides is 8. The zero-order valence-corrected chi connectivity index (χ0v) is 39.3. The number of nitrogens with zero attached hydrogens (tertiary/aromatic N) is 2. The van der Waals surface area contributed by atoms with Crippen molar-refractivity contribution < 1.29 is 58.5 Å². The third-order valence-corrected chi connectivity index (χ3v) is 10.9. The lowest BCUT2D eigenvalue weighted by Gasteiger charge is -2.28. The number of aromatic amines is 3. The number of aliphatic hydroxyl groups is 2. The van der Waals surface area contributed by atoms with Gasteiger partial charge in [0.05, 0.1) is 44.0 Å². The number of aliphatic carboxylic acids is 1. The molecule has 3 heterocycles. The molecule has 8 amide bonds. The molecule has 27 heteroatoms. The summed E-state index contributed by atoms with van der Waals surface area (Å²) in [6.45, 7) is 2.65. The molecule has 71 heavy (non-hydrogen) atoms. The first-order valence-corrected chi connectivity index (χ1v) is 22.7. The quantitative estimate of drug-likeness (QED) is 0.0227. The van der Waals surface area contributed by atoms with Crippen molar-refractivity contribution in [3.63, 3.8) is 0 Å². The van der Waals surface area contributed by atoms with Crippen molar-refractivity contribution in [3.8, 4) is 0 Å². The van der Waals surface area contributed by atoms with Gasteiger partial charge in [0, 0.05) is 60.1 Å². The lowest BCUT2D eigenvalue weighted by atomic mass is 10.0. The number of carbonyl (C=O) groups is 9. The molecule has 1 aromatic carbocycles. The van der Waals surface area contributed by atoms with E-state index in [-0.39, 0.29) is 25.7 Å². The number of H-pyrrole nitrogens is 3. The molecule has 0 spiro atoms. The number of carboxylic acids is 1. The molecule has 0 fully saturated rings. The Hall–Kier alpha value is -7.75. The number of benzene rings is 1. The van der Waals surface area contributed by atoms with Gasteiger partial charge in [-0.25, -0.2) is 14.8 Å². The van der Waals surface area contributed by atoms with E-state index >= 15 is 0 Å². The lowest BCUT2D eigenvalue weighted by Crippen LogP contribution is -2.62. The molecule has 0 aliphatic heterocycles. The number of fused-ring (bicyclic) bond motifs is 1. The second-order valence-electron chi connectivity index (χ2n) is 16.8. The van der Waals surface area contributed by atoms with Gasteiger partial charge in [0.2, 0.25) is 47.3 Å². The fraction of sp³-hybridized carbons (Fsp3) is 0.477. The topological polar surface area (TPSA) is 436 Å². The standard InChI is InChI=1S/C44H63N15O12/c1-22(46)38(64)56-33(14-27-17-48-21-53-27)40(66)57-32(13-26-16-47-20-52-26)39(65)51-18-34(62)50-19-35(63)54-31(12-25-15-49-29-9-5-4-8-28(25)29)41(67)58-37(24(3)61)43(69)59-36(23(2)60)42(68)55-30(44(70)71)10-6-7-11-45/h4-5,8-9,15-17,20-24,30-33,36-37,49,60-61H,6-7,10-14,18-19,45-46H2,1-3H3,(H,47,52)(H,48,53)(H,50,62)(H,51,65)(H,54,63)(H,55,68)(H,56,64)(H,57,66)(H,58,67)(H,59,69)(H,70,71)/t22-,23+,24+,30-,31-,32-,33-,36-,37-/m0/s1. The van der Waals surface area contributed by atoms with Crippen LogP contribution in [0, 0.1) is 0 Å². The molecule has 0 saturated carbocycles. The summed E-state index contributed by atoms with van der Waals surface area (Å²) in [6, 6.07) is -2.73. The molecule has 27 nitrogen and oxygen atoms in total. The summed E-state index contributed by atoms with van der Waals surface area (Å²) in [4.78, 5) is 135. The number of nitrogens with one attached hydrogen (secondary N) is 11. The molecule has 4 rings (SSSR count). The van der Waals surface area contributed by atoms with Crippen molar-refractivity contribution in [1.29, 1.82) is 0 Å². The largest absolute Gasteiger partial charge is 0.480 e. The summed E-state index contributed by atoms with van der Waals surface area (Å²) in [5.74, 6) is -8.48. The minimum absolute atomic E-state index is 0.0123. The lowest BCUT2D eigenvalue weighted by molar-refractivity contribution is -0.143. The highest BCUT2D eigenvalue weighted by molar-refractivity contribution is 5.97. The number of unbranched alkanes of at least 4 members (excludes halogenated alkanes) is 1. The van der Waals surface area contributed by atoms with Crippen LogP contribution in [0.4, 0.5) is 0 Å². The Morgan fingerprint density at radius 2 is 1.13 bits per heavy atom. The first-order chi connectivity index (χ1) is 33.8. The molecular weight excluding hydrogens is 931 g/mol. The van der Waals surface area contributed by atoms with Crippen LogP contribution in [0.25, 0.3) is 10.9 Å². The maximum absolute atomic E-state index is 14.0. The summed E-state index contributed by atoms with van der Waals surface area (Å²) in [5.41, 5.74) is 13.4. The summed E-state index contributed by atoms with van der Waals surface area (Å²) >= 11 is 0. The second-order valence-corrected chi connectivity index (χ2v) is 16.8. The maximum Gasteiger partial charge on any atom is 0.326 e. The SMILES string of the molecule is C[C@H](N)C(=O)N[C@@H](Cc1cnc[nH]1)C(=O)N[C@@H](Cc1cnc[nH]1)C(=O)NCC(=O)NCC(=O)N[C@@H](Cc1c[nH]c2ccccc12)C(=O)N[C@H](C(=O)N[C@H](C(=O)N[C@@H](CCCCN)C(=O)O)[C@@H](C)O)[C@@H](C)O. The van der Waals surface area contributed by atoms with Crippen LogP contribution in [0.5, 0.6) is 0 Å². The summed E-state index contributed by atoms with van der Waals surface area (Å²) in [5, 5.41) is 50.8. The number of hydrogen-bond acceptors (Lipinski definition) is 15. The van der Waals surface area contributed by atoms with E-state index in [2.05, 4.69) is 67.5 Å². The van der Waals surface area contributed by atoms with E-state index in [1.165, 1.54) is 38.9 Å². The van der Waals surface area contributed by atoms with E-state index in [0.29, 0.717) is 47.2 Å². The number of aliphatic hydroxyl groups excluding tert-OH is 2. The van der Waals surface area contributed by atoms with E-state index in [4.69, 9.17) is 11.5 Å². The molecule has 0 bridgehead atoms. The first kappa shape index (κ1) is 55.8. The van der Waals surface area contributed by atoms with Crippen LogP contribution < -0.4 is 54.0 Å². The van der Waals surface area contributed by atoms with Gasteiger partial charge in [0.15, 0.2) is 0 Å². The van der Waals surface area contributed by atoms with E-state index < -0.39 is 121 Å². The Morgan fingerprint density at radius 3 is 1.69 bits per heavy atom. The Balaban J connectivity index is 1.43. The third-order valence-electron chi connectivity index (χ3n) is 10.9. The molecule has 9 atom stereocenters. The van der Waals surface area contributed by atoms with Crippen molar-refractivity contribution in [2.75, 3.05) is 19.6 Å². The van der Waals surface area contributed by atoms with Crippen LogP contribution >= 0.6 is 0 Å². The average Bonchev–Trinajstić information content (AvgIpc) is 4.13. The summed E-state index contributed by atoms with van der Waals surface area (Å²) < 4.78 is 0. The Kier molecular flexibility index (Phi) is 21.6. The van der Waals surface area contributed by atoms with Gasteiger partial charge in [-0.05, 0) is 58.2 Å². The number of aromatic nitrogens is 5. The van der Waals surface area contributed by atoms with Gasteiger partial charge in [-0.15, -0.1) is 0 Å². The highest BCUT2D eigenvalue weighted by Crippen LogP contribution is 2.19. The predicted octanol–water partition coefficient (Wildman–Crippen LogP) is -4.89. The molecule has 0 saturated heterocycles. The fourth-order valence-corrected chi connectivity index (χ4v) is 7.05. The third kappa shape index (κ3) is 17.6. The van der Waals surface area contributed by atoms with Gasteiger partial charge in [0.1, 0.15) is 36.3 Å². The zero-order chi connectivity index (χ0) is 52.2. The number of carbonyl (C=O) groups excluding carboxylic acids is 8. The van der Waals surface area contributed by atoms with Gasteiger partial charge in [0.25, 0.3) is 0 Å². The van der Waals surface area contributed by atoms with Crippen molar-refractivity contribution >= 4 is 64.1 Å². The minimum atomic E-state index is -1.78. The molecule has 0 aliphatic carbocycles. The number of carboxylic acid groups (broad SMARTS) is 1. The predicted molar refractivity (Wildman–Crippen MR) is 252 cm³/mol. The van der Waals surface area contributed by atoms with Crippen LogP contribution in [0.15, 0.2) is 55.5 Å². The molecule has 386 valence electrons. The number of imidazole rings is 2. The number of hydrogen-bond donors (Lipinski definition) is 16. The van der Waals surface area contributed by atoms with Gasteiger partial charge in [-0.2, -0.15) is 0 Å². The molecule has 0 unspecified atom stereocenters. The van der Waals surface area contributed by atoms with Crippen LogP contribution in [0.2, 0.25) is 0 Å². The van der Waals surface area contributed by atoms with E-state index in [1.54, 1.807) is 30.5 Å². The van der Waals surface area contributed by atoms with Crippen LogP contribution in [-0.4, -0.2) is 168 Å². The van der Waals surface area contributed by atoms with Crippen molar-refractivity contribution in [2.24, 2.45) is 11.5 Å².